The number of pyridine rings is 1. The second kappa shape index (κ2) is 9.18. The van der Waals surface area contributed by atoms with E-state index in [2.05, 4.69) is 15.6 Å². The summed E-state index contributed by atoms with van der Waals surface area (Å²) in [5.41, 5.74) is 0.776. The van der Waals surface area contributed by atoms with Crippen molar-refractivity contribution in [1.82, 2.24) is 10.3 Å². The highest BCUT2D eigenvalue weighted by molar-refractivity contribution is 6.04. The van der Waals surface area contributed by atoms with E-state index >= 15 is 0 Å². The van der Waals surface area contributed by atoms with Crippen molar-refractivity contribution in [3.8, 4) is 11.5 Å². The summed E-state index contributed by atoms with van der Waals surface area (Å²) in [6.07, 6.45) is 1.97. The summed E-state index contributed by atoms with van der Waals surface area (Å²) in [6, 6.07) is 9.78. The molecule has 0 saturated carbocycles. The van der Waals surface area contributed by atoms with Crippen LogP contribution in [0.2, 0.25) is 0 Å². The molecular weight excluding hydrogens is 362 g/mol. The molecule has 3 rings (SSSR count). The minimum Gasteiger partial charge on any atom is -0.497 e. The minimum atomic E-state index is -0.447. The summed E-state index contributed by atoms with van der Waals surface area (Å²) in [4.78, 5) is 29.0. The average Bonchev–Trinajstić information content (AvgIpc) is 3.26. The van der Waals surface area contributed by atoms with Gasteiger partial charge in [0.05, 0.1) is 26.0 Å². The first kappa shape index (κ1) is 19.6. The fourth-order valence-electron chi connectivity index (χ4n) is 2.88. The molecule has 1 aliphatic heterocycles. The van der Waals surface area contributed by atoms with Crippen LogP contribution in [0.4, 0.5) is 5.69 Å². The number of hydrogen-bond acceptors (Lipinski definition) is 6. The van der Waals surface area contributed by atoms with Crippen molar-refractivity contribution in [3.05, 3.63) is 47.8 Å². The standard InChI is InChI=1S/C20H23N3O5/c1-26-13-8-9-15(18(11-13)27-2)23-20(25)17-7-3-6-16(22-17)19(24)21-12-14-5-4-10-28-14/h3,6-9,11,14H,4-5,10,12H2,1-2H3,(H,21,24)(H,23,25). The zero-order valence-electron chi connectivity index (χ0n) is 15.9. The number of carbonyl (C=O) groups is 2. The number of aromatic nitrogens is 1. The summed E-state index contributed by atoms with van der Waals surface area (Å²) in [6.45, 7) is 1.16. The van der Waals surface area contributed by atoms with Crippen molar-refractivity contribution in [2.24, 2.45) is 0 Å². The van der Waals surface area contributed by atoms with Gasteiger partial charge in [0, 0.05) is 19.2 Å². The first-order valence-electron chi connectivity index (χ1n) is 9.01. The molecule has 8 nitrogen and oxygen atoms in total. The molecule has 1 aliphatic rings. The largest absolute Gasteiger partial charge is 0.497 e. The third-order valence-electron chi connectivity index (χ3n) is 4.39. The number of amides is 2. The van der Waals surface area contributed by atoms with Crippen LogP contribution in [0, 0.1) is 0 Å². The van der Waals surface area contributed by atoms with E-state index in [1.54, 1.807) is 43.5 Å². The van der Waals surface area contributed by atoms with E-state index in [4.69, 9.17) is 14.2 Å². The lowest BCUT2D eigenvalue weighted by Crippen LogP contribution is -2.32. The second-order valence-corrected chi connectivity index (χ2v) is 6.27. The predicted molar refractivity (Wildman–Crippen MR) is 103 cm³/mol. The molecule has 2 amide bonds. The van der Waals surface area contributed by atoms with Crippen molar-refractivity contribution in [2.45, 2.75) is 18.9 Å². The van der Waals surface area contributed by atoms with Gasteiger partial charge in [0.2, 0.25) is 0 Å². The van der Waals surface area contributed by atoms with Crippen molar-refractivity contribution in [3.63, 3.8) is 0 Å². The average molecular weight is 385 g/mol. The molecule has 148 valence electrons. The number of nitrogens with one attached hydrogen (secondary N) is 2. The summed E-state index contributed by atoms with van der Waals surface area (Å²) >= 11 is 0. The summed E-state index contributed by atoms with van der Waals surface area (Å²) in [5, 5.41) is 5.53. The maximum atomic E-state index is 12.6. The van der Waals surface area contributed by atoms with Gasteiger partial charge >= 0.3 is 0 Å². The maximum Gasteiger partial charge on any atom is 0.274 e. The van der Waals surface area contributed by atoms with Crippen molar-refractivity contribution < 1.29 is 23.8 Å². The molecule has 0 spiro atoms. The first-order chi connectivity index (χ1) is 13.6. The lowest BCUT2D eigenvalue weighted by Gasteiger charge is -2.12. The molecule has 1 atom stereocenters. The van der Waals surface area contributed by atoms with Crippen LogP contribution in [-0.4, -0.2) is 50.3 Å². The molecule has 1 aromatic carbocycles. The van der Waals surface area contributed by atoms with Crippen LogP contribution in [0.1, 0.15) is 33.8 Å². The van der Waals surface area contributed by atoms with Gasteiger partial charge in [0.15, 0.2) is 0 Å². The number of ether oxygens (including phenoxy) is 3. The molecule has 1 saturated heterocycles. The van der Waals surface area contributed by atoms with Gasteiger partial charge in [0.1, 0.15) is 22.9 Å². The summed E-state index contributed by atoms with van der Waals surface area (Å²) in [7, 11) is 3.05. The minimum absolute atomic E-state index is 0.0398. The molecule has 0 aliphatic carbocycles. The van der Waals surface area contributed by atoms with E-state index in [0.29, 0.717) is 23.7 Å². The monoisotopic (exact) mass is 385 g/mol. The number of methoxy groups -OCH3 is 2. The van der Waals surface area contributed by atoms with Gasteiger partial charge in [-0.15, -0.1) is 0 Å². The van der Waals surface area contributed by atoms with Gasteiger partial charge in [-0.1, -0.05) is 6.07 Å². The van der Waals surface area contributed by atoms with Gasteiger partial charge in [-0.25, -0.2) is 4.98 Å². The van der Waals surface area contributed by atoms with Crippen LogP contribution in [0.5, 0.6) is 11.5 Å². The Morgan fingerprint density at radius 2 is 1.93 bits per heavy atom. The van der Waals surface area contributed by atoms with Crippen LogP contribution >= 0.6 is 0 Å². The topological polar surface area (TPSA) is 98.8 Å². The Kier molecular flexibility index (Phi) is 6.44. The van der Waals surface area contributed by atoms with E-state index in [0.717, 1.165) is 19.4 Å². The molecule has 1 fully saturated rings. The van der Waals surface area contributed by atoms with Crippen LogP contribution in [-0.2, 0) is 4.74 Å². The van der Waals surface area contributed by atoms with Crippen LogP contribution in [0.25, 0.3) is 0 Å². The Balaban J connectivity index is 1.67. The first-order valence-corrected chi connectivity index (χ1v) is 9.01. The zero-order chi connectivity index (χ0) is 19.9. The number of rotatable bonds is 7. The van der Waals surface area contributed by atoms with E-state index < -0.39 is 5.91 Å². The Labute approximate surface area is 163 Å². The van der Waals surface area contributed by atoms with E-state index in [1.165, 1.54) is 7.11 Å². The van der Waals surface area contributed by atoms with E-state index in [-0.39, 0.29) is 23.4 Å². The smallest absolute Gasteiger partial charge is 0.274 e. The molecule has 28 heavy (non-hydrogen) atoms. The van der Waals surface area contributed by atoms with Crippen LogP contribution < -0.4 is 20.1 Å². The molecule has 8 heteroatoms. The van der Waals surface area contributed by atoms with Gasteiger partial charge in [-0.2, -0.15) is 0 Å². The zero-order valence-corrected chi connectivity index (χ0v) is 15.9. The second-order valence-electron chi connectivity index (χ2n) is 6.27. The van der Waals surface area contributed by atoms with Crippen molar-refractivity contribution in [2.75, 3.05) is 32.7 Å². The van der Waals surface area contributed by atoms with E-state index in [9.17, 15) is 9.59 Å². The Morgan fingerprint density at radius 1 is 1.14 bits per heavy atom. The number of nitrogens with zero attached hydrogens (tertiary/aromatic N) is 1. The molecule has 2 heterocycles. The van der Waals surface area contributed by atoms with E-state index in [1.807, 2.05) is 0 Å². The normalized spacial score (nSPS) is 15.7. The van der Waals surface area contributed by atoms with Gasteiger partial charge < -0.3 is 24.8 Å². The molecule has 1 unspecified atom stereocenters. The van der Waals surface area contributed by atoms with Crippen LogP contribution in [0.15, 0.2) is 36.4 Å². The Hall–Kier alpha value is -3.13. The fraction of sp³-hybridized carbons (Fsp3) is 0.350. The SMILES string of the molecule is COc1ccc(NC(=O)c2cccc(C(=O)NCC3CCCO3)n2)c(OC)c1. The maximum absolute atomic E-state index is 12.6. The highest BCUT2D eigenvalue weighted by atomic mass is 16.5. The number of benzene rings is 1. The summed E-state index contributed by atoms with van der Waals surface area (Å²) in [5.74, 6) is 0.278. The molecule has 2 aromatic rings. The number of anilines is 1. The quantitative estimate of drug-likeness (QED) is 0.759. The highest BCUT2D eigenvalue weighted by Crippen LogP contribution is 2.29. The Morgan fingerprint density at radius 3 is 2.61 bits per heavy atom. The predicted octanol–water partition coefficient (Wildman–Crippen LogP) is 2.26. The molecule has 2 N–H and O–H groups in total. The Bertz CT molecular complexity index is 849. The fourth-order valence-corrected chi connectivity index (χ4v) is 2.88. The molecule has 1 aromatic heterocycles. The van der Waals surface area contributed by atoms with Gasteiger partial charge in [-0.3, -0.25) is 9.59 Å². The lowest BCUT2D eigenvalue weighted by molar-refractivity contribution is 0.0853. The molecule has 0 radical (unpaired) electrons. The van der Waals surface area contributed by atoms with Crippen molar-refractivity contribution >= 4 is 17.5 Å². The third-order valence-corrected chi connectivity index (χ3v) is 4.39. The number of carbonyl (C=O) groups excluding carboxylic acids is 2. The third kappa shape index (κ3) is 4.77. The van der Waals surface area contributed by atoms with Gasteiger partial charge in [-0.05, 0) is 37.1 Å². The molecular formula is C20H23N3O5. The molecule has 0 bridgehead atoms. The summed E-state index contributed by atoms with van der Waals surface area (Å²) < 4.78 is 15.9. The van der Waals surface area contributed by atoms with Crippen LogP contribution in [0.3, 0.4) is 0 Å². The van der Waals surface area contributed by atoms with Crippen molar-refractivity contribution in [1.29, 1.82) is 0 Å². The number of hydrogen-bond donors (Lipinski definition) is 2. The highest BCUT2D eigenvalue weighted by Gasteiger charge is 2.18. The van der Waals surface area contributed by atoms with Gasteiger partial charge in [0.25, 0.3) is 11.8 Å². The lowest BCUT2D eigenvalue weighted by atomic mass is 10.2.